The van der Waals surface area contributed by atoms with Gasteiger partial charge in [0.15, 0.2) is 0 Å². The fourth-order valence-electron chi connectivity index (χ4n) is 3.36. The molecule has 0 atom stereocenters. The van der Waals surface area contributed by atoms with Crippen LogP contribution in [0.25, 0.3) is 10.9 Å². The molecule has 5 nitrogen and oxygen atoms in total. The number of aromatic nitrogens is 1. The van der Waals surface area contributed by atoms with E-state index in [-0.39, 0.29) is 12.0 Å². The molecule has 0 radical (unpaired) electrons. The van der Waals surface area contributed by atoms with Crippen molar-refractivity contribution < 1.29 is 9.90 Å². The van der Waals surface area contributed by atoms with E-state index in [9.17, 15) is 9.90 Å². The third kappa shape index (κ3) is 4.36. The fraction of sp³-hybridized carbons (Fsp3) is 0.526. The van der Waals surface area contributed by atoms with E-state index in [1.54, 1.807) is 0 Å². The van der Waals surface area contributed by atoms with Crippen LogP contribution < -0.4 is 5.32 Å². The van der Waals surface area contributed by atoms with E-state index in [2.05, 4.69) is 40.3 Å². The van der Waals surface area contributed by atoms with Gasteiger partial charge in [0.25, 0.3) is 0 Å². The van der Waals surface area contributed by atoms with Gasteiger partial charge in [-0.05, 0) is 49.9 Å². The van der Waals surface area contributed by atoms with Crippen LogP contribution in [0.3, 0.4) is 0 Å². The number of aromatic amines is 1. The molecule has 1 aromatic carbocycles. The summed E-state index contributed by atoms with van der Waals surface area (Å²) in [6.07, 6.45) is 4.91. The highest BCUT2D eigenvalue weighted by atomic mass is 16.3. The van der Waals surface area contributed by atoms with Crippen molar-refractivity contribution in [1.29, 1.82) is 0 Å². The molecule has 0 saturated carbocycles. The smallest absolute Gasteiger partial charge is 0.224 e. The van der Waals surface area contributed by atoms with Crippen LogP contribution in [0, 0.1) is 6.92 Å². The van der Waals surface area contributed by atoms with E-state index < -0.39 is 0 Å². The second-order valence-corrected chi connectivity index (χ2v) is 6.82. The largest absolute Gasteiger partial charge is 0.393 e. The number of benzene rings is 1. The first kappa shape index (κ1) is 17.0. The molecule has 0 bridgehead atoms. The highest BCUT2D eigenvalue weighted by molar-refractivity contribution is 5.89. The first-order valence-electron chi connectivity index (χ1n) is 8.85. The van der Waals surface area contributed by atoms with Crippen molar-refractivity contribution in [2.45, 2.75) is 38.7 Å². The minimum absolute atomic E-state index is 0.0746. The number of H-pyrrole nitrogens is 1. The van der Waals surface area contributed by atoms with Gasteiger partial charge in [0.2, 0.25) is 5.91 Å². The molecule has 130 valence electrons. The second kappa shape index (κ2) is 7.81. The van der Waals surface area contributed by atoms with Crippen LogP contribution in [0.1, 0.15) is 30.4 Å². The fourth-order valence-corrected chi connectivity index (χ4v) is 3.36. The molecule has 3 rings (SSSR count). The average Bonchev–Trinajstić information content (AvgIpc) is 2.95. The topological polar surface area (TPSA) is 68.4 Å². The van der Waals surface area contributed by atoms with Crippen molar-refractivity contribution in [3.05, 3.63) is 35.5 Å². The Morgan fingerprint density at radius 3 is 2.96 bits per heavy atom. The Morgan fingerprint density at radius 2 is 2.17 bits per heavy atom. The molecule has 2 aromatic rings. The summed E-state index contributed by atoms with van der Waals surface area (Å²) in [6, 6.07) is 6.26. The summed E-state index contributed by atoms with van der Waals surface area (Å²) in [5.74, 6) is 0.0746. The third-order valence-electron chi connectivity index (χ3n) is 4.80. The molecular formula is C19H27N3O2. The van der Waals surface area contributed by atoms with Crippen LogP contribution in [0.2, 0.25) is 0 Å². The minimum Gasteiger partial charge on any atom is -0.393 e. The van der Waals surface area contributed by atoms with Crippen molar-refractivity contribution in [2.75, 3.05) is 26.2 Å². The molecule has 1 aromatic heterocycles. The lowest BCUT2D eigenvalue weighted by Crippen LogP contribution is -2.37. The third-order valence-corrected chi connectivity index (χ3v) is 4.80. The average molecular weight is 329 g/mol. The van der Waals surface area contributed by atoms with E-state index in [1.807, 2.05) is 6.20 Å². The Hall–Kier alpha value is -1.85. The van der Waals surface area contributed by atoms with Crippen LogP contribution in [0.5, 0.6) is 0 Å². The summed E-state index contributed by atoms with van der Waals surface area (Å²) in [5.41, 5.74) is 3.35. The Balaban J connectivity index is 1.41. The molecule has 1 aliphatic heterocycles. The van der Waals surface area contributed by atoms with E-state index in [4.69, 9.17) is 0 Å². The number of piperidine rings is 1. The van der Waals surface area contributed by atoms with Gasteiger partial charge in [0, 0.05) is 36.7 Å². The quantitative estimate of drug-likeness (QED) is 0.710. The number of carbonyl (C=O) groups excluding carboxylic acids is 1. The van der Waals surface area contributed by atoms with Crippen LogP contribution in [0.15, 0.2) is 24.4 Å². The predicted molar refractivity (Wildman–Crippen MR) is 96.0 cm³/mol. The molecule has 24 heavy (non-hydrogen) atoms. The van der Waals surface area contributed by atoms with Crippen molar-refractivity contribution in [1.82, 2.24) is 15.2 Å². The number of carbonyl (C=O) groups is 1. The summed E-state index contributed by atoms with van der Waals surface area (Å²) >= 11 is 0. The standard InChI is InChI=1S/C19H27N3O2/c1-14-3-4-17-15(13-21-18(17)11-14)12-19(24)20-7-2-8-22-9-5-16(23)6-10-22/h3-4,11,13,16,21,23H,2,5-10,12H2,1H3,(H,20,24). The highest BCUT2D eigenvalue weighted by Gasteiger charge is 2.16. The zero-order valence-electron chi connectivity index (χ0n) is 14.3. The van der Waals surface area contributed by atoms with Crippen LogP contribution in [0.4, 0.5) is 0 Å². The van der Waals surface area contributed by atoms with Crippen molar-refractivity contribution >= 4 is 16.8 Å². The van der Waals surface area contributed by atoms with E-state index in [1.165, 1.54) is 5.56 Å². The van der Waals surface area contributed by atoms with Crippen molar-refractivity contribution in [3.8, 4) is 0 Å². The molecule has 0 aliphatic carbocycles. The van der Waals surface area contributed by atoms with Gasteiger partial charge in [-0.15, -0.1) is 0 Å². The number of nitrogens with one attached hydrogen (secondary N) is 2. The highest BCUT2D eigenvalue weighted by Crippen LogP contribution is 2.19. The van der Waals surface area contributed by atoms with Gasteiger partial charge < -0.3 is 20.3 Å². The molecule has 1 fully saturated rings. The molecule has 0 spiro atoms. The van der Waals surface area contributed by atoms with Crippen LogP contribution in [-0.2, 0) is 11.2 Å². The molecule has 2 heterocycles. The monoisotopic (exact) mass is 329 g/mol. The molecule has 1 saturated heterocycles. The lowest BCUT2D eigenvalue weighted by atomic mass is 10.1. The summed E-state index contributed by atoms with van der Waals surface area (Å²) in [7, 11) is 0. The van der Waals surface area contributed by atoms with Gasteiger partial charge in [0.05, 0.1) is 12.5 Å². The van der Waals surface area contributed by atoms with Gasteiger partial charge in [0.1, 0.15) is 0 Å². The summed E-state index contributed by atoms with van der Waals surface area (Å²) in [5, 5.41) is 13.6. The number of aliphatic hydroxyl groups excluding tert-OH is 1. The van der Waals surface area contributed by atoms with E-state index in [0.29, 0.717) is 13.0 Å². The Bertz CT molecular complexity index is 687. The van der Waals surface area contributed by atoms with Gasteiger partial charge in [-0.1, -0.05) is 12.1 Å². The van der Waals surface area contributed by atoms with Crippen molar-refractivity contribution in [3.63, 3.8) is 0 Å². The Labute approximate surface area is 143 Å². The van der Waals surface area contributed by atoms with Crippen LogP contribution >= 0.6 is 0 Å². The number of aryl methyl sites for hydroxylation is 1. The van der Waals surface area contributed by atoms with Gasteiger partial charge in [-0.3, -0.25) is 4.79 Å². The lowest BCUT2D eigenvalue weighted by Gasteiger charge is -2.29. The predicted octanol–water partition coefficient (Wildman–Crippen LogP) is 1.98. The molecule has 1 amide bonds. The zero-order chi connectivity index (χ0) is 16.9. The number of likely N-dealkylation sites (tertiary alicyclic amines) is 1. The SMILES string of the molecule is Cc1ccc2c(CC(=O)NCCCN3CCC(O)CC3)c[nH]c2c1. The Kier molecular flexibility index (Phi) is 5.53. The van der Waals surface area contributed by atoms with Gasteiger partial charge in [-0.2, -0.15) is 0 Å². The van der Waals surface area contributed by atoms with Gasteiger partial charge in [-0.25, -0.2) is 0 Å². The molecular weight excluding hydrogens is 302 g/mol. The Morgan fingerprint density at radius 1 is 1.38 bits per heavy atom. The molecule has 0 unspecified atom stereocenters. The summed E-state index contributed by atoms with van der Waals surface area (Å²) in [6.45, 7) is 5.68. The number of aliphatic hydroxyl groups is 1. The minimum atomic E-state index is -0.124. The summed E-state index contributed by atoms with van der Waals surface area (Å²) < 4.78 is 0. The lowest BCUT2D eigenvalue weighted by molar-refractivity contribution is -0.120. The van der Waals surface area contributed by atoms with Crippen molar-refractivity contribution in [2.24, 2.45) is 0 Å². The second-order valence-electron chi connectivity index (χ2n) is 6.82. The van der Waals surface area contributed by atoms with E-state index >= 15 is 0 Å². The van der Waals surface area contributed by atoms with Gasteiger partial charge >= 0.3 is 0 Å². The van der Waals surface area contributed by atoms with E-state index in [0.717, 1.165) is 55.4 Å². The zero-order valence-corrected chi connectivity index (χ0v) is 14.3. The number of hydrogen-bond donors (Lipinski definition) is 3. The molecule has 5 heteroatoms. The first-order valence-corrected chi connectivity index (χ1v) is 8.85. The first-order chi connectivity index (χ1) is 11.6. The number of amides is 1. The molecule has 3 N–H and O–H groups in total. The summed E-state index contributed by atoms with van der Waals surface area (Å²) in [4.78, 5) is 17.7. The number of rotatable bonds is 6. The normalized spacial score (nSPS) is 16.6. The number of hydrogen-bond acceptors (Lipinski definition) is 3. The van der Waals surface area contributed by atoms with Crippen LogP contribution in [-0.4, -0.2) is 53.2 Å². The maximum atomic E-state index is 12.1. The molecule has 1 aliphatic rings. The maximum absolute atomic E-state index is 12.1. The maximum Gasteiger partial charge on any atom is 0.224 e. The number of nitrogens with zero attached hydrogens (tertiary/aromatic N) is 1. The number of fused-ring (bicyclic) bond motifs is 1.